The Balaban J connectivity index is 1.79. The van der Waals surface area contributed by atoms with Crippen LogP contribution in [0.15, 0.2) is 30.3 Å². The molecule has 31 heavy (non-hydrogen) atoms. The molecule has 0 aliphatic heterocycles. The maximum Gasteiger partial charge on any atom is 0.251 e. The molecule has 0 fully saturated rings. The molecule has 1 aromatic carbocycles. The van der Waals surface area contributed by atoms with Crippen molar-refractivity contribution in [2.45, 2.75) is 12.8 Å². The number of nitrogens with one attached hydrogen (secondary N) is 3. The standard InChI is InChI=1S/C22H30N6O2S/c1-23-22-26-17-14-18(31-19(17)20(27-22)24-10-4-12-28(2)3)15-6-8-16(9-7-15)21(30)25-11-5-13-29/h6-9,14,29H,4-5,10-13H2,1-3H3,(H,25,30)(H2,23,24,26,27). The molecule has 2 heterocycles. The molecule has 0 saturated carbocycles. The third kappa shape index (κ3) is 6.13. The molecule has 0 radical (unpaired) electrons. The first kappa shape index (κ1) is 22.9. The topological polar surface area (TPSA) is 102 Å². The molecule has 0 aliphatic rings. The maximum absolute atomic E-state index is 12.2. The quantitative estimate of drug-likeness (QED) is 0.339. The molecule has 3 rings (SSSR count). The predicted octanol–water partition coefficient (Wildman–Crippen LogP) is 2.88. The highest BCUT2D eigenvalue weighted by molar-refractivity contribution is 7.22. The average Bonchev–Trinajstić information content (AvgIpc) is 3.21. The van der Waals surface area contributed by atoms with Crippen LogP contribution in [0.5, 0.6) is 0 Å². The Kier molecular flexibility index (Phi) is 8.16. The van der Waals surface area contributed by atoms with E-state index in [2.05, 4.69) is 51.0 Å². The number of carbonyl (C=O) groups is 1. The average molecular weight is 443 g/mol. The van der Waals surface area contributed by atoms with Gasteiger partial charge in [-0.1, -0.05) is 12.1 Å². The summed E-state index contributed by atoms with van der Waals surface area (Å²) in [4.78, 5) is 24.6. The normalized spacial score (nSPS) is 11.1. The van der Waals surface area contributed by atoms with Crippen LogP contribution in [0, 0.1) is 0 Å². The fourth-order valence-electron chi connectivity index (χ4n) is 3.07. The lowest BCUT2D eigenvalue weighted by Crippen LogP contribution is -2.24. The van der Waals surface area contributed by atoms with E-state index in [9.17, 15) is 4.79 Å². The fraction of sp³-hybridized carbons (Fsp3) is 0.409. The second-order valence-corrected chi connectivity index (χ2v) is 8.52. The maximum atomic E-state index is 12.2. The minimum Gasteiger partial charge on any atom is -0.396 e. The number of hydrogen-bond acceptors (Lipinski definition) is 8. The molecule has 0 saturated heterocycles. The smallest absolute Gasteiger partial charge is 0.251 e. The molecule has 1 amide bonds. The molecular formula is C22H30N6O2S. The zero-order valence-corrected chi connectivity index (χ0v) is 19.1. The van der Waals surface area contributed by atoms with Crippen molar-refractivity contribution in [1.82, 2.24) is 20.2 Å². The van der Waals surface area contributed by atoms with Crippen LogP contribution < -0.4 is 16.0 Å². The highest BCUT2D eigenvalue weighted by Gasteiger charge is 2.13. The van der Waals surface area contributed by atoms with E-state index in [1.54, 1.807) is 11.3 Å². The van der Waals surface area contributed by atoms with Gasteiger partial charge in [-0.15, -0.1) is 11.3 Å². The molecule has 0 unspecified atom stereocenters. The van der Waals surface area contributed by atoms with Crippen molar-refractivity contribution in [3.05, 3.63) is 35.9 Å². The zero-order chi connectivity index (χ0) is 22.2. The predicted molar refractivity (Wildman–Crippen MR) is 128 cm³/mol. The van der Waals surface area contributed by atoms with E-state index in [1.807, 2.05) is 31.3 Å². The molecule has 9 heteroatoms. The summed E-state index contributed by atoms with van der Waals surface area (Å²) >= 11 is 1.64. The van der Waals surface area contributed by atoms with Crippen LogP contribution in [0.3, 0.4) is 0 Å². The number of fused-ring (bicyclic) bond motifs is 1. The summed E-state index contributed by atoms with van der Waals surface area (Å²) in [5.41, 5.74) is 2.52. The number of benzene rings is 1. The van der Waals surface area contributed by atoms with E-state index in [1.165, 1.54) is 0 Å². The van der Waals surface area contributed by atoms with Crippen LogP contribution in [0.4, 0.5) is 11.8 Å². The minimum absolute atomic E-state index is 0.0653. The Labute approximate surface area is 186 Å². The number of aliphatic hydroxyl groups excluding tert-OH is 1. The summed E-state index contributed by atoms with van der Waals surface area (Å²) in [7, 11) is 5.95. The molecular weight excluding hydrogens is 412 g/mol. The van der Waals surface area contributed by atoms with Gasteiger partial charge in [-0.25, -0.2) is 4.98 Å². The van der Waals surface area contributed by atoms with Gasteiger partial charge in [0.15, 0.2) is 0 Å². The van der Waals surface area contributed by atoms with E-state index >= 15 is 0 Å². The van der Waals surface area contributed by atoms with Crippen molar-refractivity contribution < 1.29 is 9.90 Å². The zero-order valence-electron chi connectivity index (χ0n) is 18.2. The van der Waals surface area contributed by atoms with Gasteiger partial charge in [0.25, 0.3) is 5.91 Å². The Bertz CT molecular complexity index is 1000. The van der Waals surface area contributed by atoms with Crippen LogP contribution in [-0.4, -0.2) is 73.3 Å². The molecule has 0 atom stereocenters. The number of hydrogen-bond donors (Lipinski definition) is 4. The Morgan fingerprint density at radius 3 is 2.58 bits per heavy atom. The van der Waals surface area contributed by atoms with Crippen molar-refractivity contribution in [2.24, 2.45) is 0 Å². The summed E-state index contributed by atoms with van der Waals surface area (Å²) in [5.74, 6) is 1.29. The second kappa shape index (κ2) is 11.0. The molecule has 8 nitrogen and oxygen atoms in total. The molecule has 0 spiro atoms. The molecule has 0 aliphatic carbocycles. The Hall–Kier alpha value is -2.75. The highest BCUT2D eigenvalue weighted by atomic mass is 32.1. The molecule has 0 bridgehead atoms. The Morgan fingerprint density at radius 2 is 1.90 bits per heavy atom. The van der Waals surface area contributed by atoms with Crippen LogP contribution in [0.25, 0.3) is 20.7 Å². The first-order valence-electron chi connectivity index (χ1n) is 10.4. The van der Waals surface area contributed by atoms with Crippen LogP contribution in [0.2, 0.25) is 0 Å². The number of carbonyl (C=O) groups excluding carboxylic acids is 1. The van der Waals surface area contributed by atoms with Gasteiger partial charge in [0, 0.05) is 37.2 Å². The first-order chi connectivity index (χ1) is 15.0. The van der Waals surface area contributed by atoms with Crippen molar-refractivity contribution in [2.75, 3.05) is 58.0 Å². The third-order valence-corrected chi connectivity index (χ3v) is 5.90. The lowest BCUT2D eigenvalue weighted by Gasteiger charge is -2.11. The summed E-state index contributed by atoms with van der Waals surface area (Å²) in [6, 6.07) is 9.59. The number of aliphatic hydroxyl groups is 1. The van der Waals surface area contributed by atoms with Gasteiger partial charge >= 0.3 is 0 Å². The van der Waals surface area contributed by atoms with Gasteiger partial charge in [-0.2, -0.15) is 4.98 Å². The van der Waals surface area contributed by atoms with Gasteiger partial charge in [0.05, 0.1) is 10.2 Å². The van der Waals surface area contributed by atoms with E-state index in [0.29, 0.717) is 24.5 Å². The van der Waals surface area contributed by atoms with Gasteiger partial charge in [-0.3, -0.25) is 4.79 Å². The van der Waals surface area contributed by atoms with Crippen molar-refractivity contribution in [1.29, 1.82) is 0 Å². The largest absolute Gasteiger partial charge is 0.396 e. The number of thiophene rings is 1. The third-order valence-electron chi connectivity index (χ3n) is 4.72. The van der Waals surface area contributed by atoms with Gasteiger partial charge in [0.1, 0.15) is 5.82 Å². The van der Waals surface area contributed by atoms with E-state index < -0.39 is 0 Å². The lowest BCUT2D eigenvalue weighted by atomic mass is 10.1. The number of nitrogens with zero attached hydrogens (tertiary/aromatic N) is 3. The van der Waals surface area contributed by atoms with Crippen molar-refractivity contribution in [3.63, 3.8) is 0 Å². The van der Waals surface area contributed by atoms with Crippen LogP contribution in [-0.2, 0) is 0 Å². The monoisotopic (exact) mass is 442 g/mol. The number of amides is 1. The highest BCUT2D eigenvalue weighted by Crippen LogP contribution is 2.36. The van der Waals surface area contributed by atoms with Crippen molar-refractivity contribution in [3.8, 4) is 10.4 Å². The Morgan fingerprint density at radius 1 is 1.13 bits per heavy atom. The summed E-state index contributed by atoms with van der Waals surface area (Å²) in [6.07, 6.45) is 1.57. The van der Waals surface area contributed by atoms with Crippen molar-refractivity contribution >= 4 is 39.2 Å². The number of anilines is 2. The van der Waals surface area contributed by atoms with E-state index in [0.717, 1.165) is 46.0 Å². The summed E-state index contributed by atoms with van der Waals surface area (Å²) in [6.45, 7) is 2.37. The number of rotatable bonds is 11. The lowest BCUT2D eigenvalue weighted by molar-refractivity contribution is 0.0951. The SMILES string of the molecule is CNc1nc(NCCCN(C)C)c2sc(-c3ccc(C(=O)NCCCO)cc3)cc2n1. The van der Waals surface area contributed by atoms with Crippen LogP contribution in [0.1, 0.15) is 23.2 Å². The molecule has 166 valence electrons. The summed E-state index contributed by atoms with van der Waals surface area (Å²) in [5, 5.41) is 18.1. The van der Waals surface area contributed by atoms with Gasteiger partial charge < -0.3 is 26.0 Å². The van der Waals surface area contributed by atoms with Gasteiger partial charge in [0.2, 0.25) is 5.95 Å². The summed E-state index contributed by atoms with van der Waals surface area (Å²) < 4.78 is 1.02. The molecule has 2 aromatic heterocycles. The van der Waals surface area contributed by atoms with Crippen LogP contribution >= 0.6 is 11.3 Å². The number of aromatic nitrogens is 2. The molecule has 3 aromatic rings. The van der Waals surface area contributed by atoms with E-state index in [4.69, 9.17) is 5.11 Å². The van der Waals surface area contributed by atoms with E-state index in [-0.39, 0.29) is 12.5 Å². The minimum atomic E-state index is -0.134. The fourth-order valence-corrected chi connectivity index (χ4v) is 4.14. The second-order valence-electron chi connectivity index (χ2n) is 7.46. The first-order valence-corrected chi connectivity index (χ1v) is 11.2. The van der Waals surface area contributed by atoms with Gasteiger partial charge in [-0.05, 0) is 57.2 Å². The molecule has 4 N–H and O–H groups in total.